The van der Waals surface area contributed by atoms with Crippen molar-refractivity contribution in [2.75, 3.05) is 54.6 Å². The van der Waals surface area contributed by atoms with Crippen molar-refractivity contribution >= 4 is 34.4 Å². The van der Waals surface area contributed by atoms with Crippen LogP contribution >= 0.6 is 0 Å². The van der Waals surface area contributed by atoms with Gasteiger partial charge in [0.1, 0.15) is 11.8 Å². The van der Waals surface area contributed by atoms with Gasteiger partial charge in [-0.15, -0.1) is 0 Å². The SMILES string of the molecule is COC(=O)NCC[C@H]1CN(c2cc(F)c(N3CC4(C3)CS(=O)C4)c(F)c2)C(=O)O1.[HH]. The van der Waals surface area contributed by atoms with E-state index in [0.29, 0.717) is 31.0 Å². The van der Waals surface area contributed by atoms with Gasteiger partial charge in [0.2, 0.25) is 0 Å². The molecule has 8 nitrogen and oxygen atoms in total. The Morgan fingerprint density at radius 1 is 1.38 bits per heavy atom. The Kier molecular flexibility index (Phi) is 5.09. The summed E-state index contributed by atoms with van der Waals surface area (Å²) in [5, 5.41) is 2.48. The maximum Gasteiger partial charge on any atom is 0.414 e. The second-order valence-electron chi connectivity index (χ2n) is 7.67. The topological polar surface area (TPSA) is 88.2 Å². The lowest BCUT2D eigenvalue weighted by Gasteiger charge is -2.55. The zero-order chi connectivity index (χ0) is 20.8. The molecule has 0 saturated carbocycles. The van der Waals surface area contributed by atoms with E-state index in [4.69, 9.17) is 4.74 Å². The Morgan fingerprint density at radius 3 is 2.62 bits per heavy atom. The van der Waals surface area contributed by atoms with Crippen molar-refractivity contribution in [3.63, 3.8) is 0 Å². The number of alkyl carbamates (subject to hydrolysis) is 1. The van der Waals surface area contributed by atoms with Crippen LogP contribution in [-0.4, -0.2) is 67.3 Å². The third kappa shape index (κ3) is 3.75. The van der Waals surface area contributed by atoms with Crippen LogP contribution in [0.2, 0.25) is 0 Å². The average molecular weight is 431 g/mol. The molecule has 29 heavy (non-hydrogen) atoms. The van der Waals surface area contributed by atoms with Crippen molar-refractivity contribution in [1.82, 2.24) is 5.32 Å². The van der Waals surface area contributed by atoms with Gasteiger partial charge in [0.05, 0.1) is 19.3 Å². The van der Waals surface area contributed by atoms with Crippen LogP contribution in [0.1, 0.15) is 7.85 Å². The highest BCUT2D eigenvalue weighted by Gasteiger charge is 2.52. The van der Waals surface area contributed by atoms with Crippen LogP contribution in [-0.2, 0) is 20.3 Å². The van der Waals surface area contributed by atoms with E-state index in [2.05, 4.69) is 10.1 Å². The summed E-state index contributed by atoms with van der Waals surface area (Å²) >= 11 is 0. The Bertz CT molecular complexity index is 850. The van der Waals surface area contributed by atoms with Crippen LogP contribution in [0.3, 0.4) is 0 Å². The normalized spacial score (nSPS) is 22.9. The molecular formula is C18H23F2N3O5S. The maximum absolute atomic E-state index is 14.7. The van der Waals surface area contributed by atoms with Crippen molar-refractivity contribution < 1.29 is 33.5 Å². The maximum atomic E-state index is 14.7. The third-order valence-electron chi connectivity index (χ3n) is 5.41. The summed E-state index contributed by atoms with van der Waals surface area (Å²) in [7, 11) is 0.429. The van der Waals surface area contributed by atoms with E-state index in [9.17, 15) is 22.6 Å². The van der Waals surface area contributed by atoms with Gasteiger partial charge in [0, 0.05) is 67.3 Å². The van der Waals surface area contributed by atoms with E-state index in [1.807, 2.05) is 0 Å². The first-order chi connectivity index (χ1) is 13.8. The van der Waals surface area contributed by atoms with Crippen LogP contribution in [0.4, 0.5) is 29.7 Å². The van der Waals surface area contributed by atoms with Gasteiger partial charge in [-0.05, 0) is 0 Å². The zero-order valence-electron chi connectivity index (χ0n) is 15.8. The van der Waals surface area contributed by atoms with Gasteiger partial charge in [-0.3, -0.25) is 9.11 Å². The van der Waals surface area contributed by atoms with Crippen LogP contribution in [0.15, 0.2) is 12.1 Å². The van der Waals surface area contributed by atoms with Crippen molar-refractivity contribution in [2.24, 2.45) is 5.41 Å². The van der Waals surface area contributed by atoms with Gasteiger partial charge in [0.15, 0.2) is 11.6 Å². The summed E-state index contributed by atoms with van der Waals surface area (Å²) < 4.78 is 50.3. The van der Waals surface area contributed by atoms with E-state index in [0.717, 1.165) is 12.1 Å². The number of cyclic esters (lactones) is 1. The van der Waals surface area contributed by atoms with Gasteiger partial charge in [-0.1, -0.05) is 0 Å². The molecule has 1 aromatic rings. The monoisotopic (exact) mass is 431 g/mol. The molecule has 1 aromatic carbocycles. The van der Waals surface area contributed by atoms with Gasteiger partial charge in [0.25, 0.3) is 0 Å². The fourth-order valence-corrected chi connectivity index (χ4v) is 5.69. The fraction of sp³-hybridized carbons (Fsp3) is 0.556. The van der Waals surface area contributed by atoms with E-state index in [-0.39, 0.29) is 31.3 Å². The molecule has 0 aliphatic carbocycles. The van der Waals surface area contributed by atoms with E-state index in [1.165, 1.54) is 12.0 Å². The first-order valence-electron chi connectivity index (χ1n) is 9.19. The smallest absolute Gasteiger partial charge is 0.414 e. The lowest BCUT2D eigenvalue weighted by molar-refractivity contribution is 0.135. The summed E-state index contributed by atoms with van der Waals surface area (Å²) in [5.74, 6) is -0.342. The minimum Gasteiger partial charge on any atom is -0.453 e. The number of hydrogen-bond donors (Lipinski definition) is 1. The summed E-state index contributed by atoms with van der Waals surface area (Å²) in [5.41, 5.74) is -0.118. The number of carbonyl (C=O) groups excluding carboxylic acids is 2. The number of carbonyl (C=O) groups is 2. The molecule has 0 radical (unpaired) electrons. The average Bonchev–Trinajstić information content (AvgIpc) is 2.98. The highest BCUT2D eigenvalue weighted by atomic mass is 32.2. The van der Waals surface area contributed by atoms with Gasteiger partial charge >= 0.3 is 12.2 Å². The second-order valence-corrected chi connectivity index (χ2v) is 9.12. The molecule has 3 saturated heterocycles. The summed E-state index contributed by atoms with van der Waals surface area (Å²) in [6, 6.07) is 2.25. The molecule has 3 aliphatic heterocycles. The van der Waals surface area contributed by atoms with Crippen molar-refractivity contribution in [1.29, 1.82) is 0 Å². The second kappa shape index (κ2) is 7.43. The van der Waals surface area contributed by atoms with Crippen LogP contribution in [0, 0.1) is 17.0 Å². The van der Waals surface area contributed by atoms with Crippen LogP contribution < -0.4 is 15.1 Å². The molecule has 0 aromatic heterocycles. The van der Waals surface area contributed by atoms with Gasteiger partial charge in [-0.2, -0.15) is 0 Å². The molecule has 3 aliphatic rings. The molecule has 160 valence electrons. The first kappa shape index (κ1) is 19.9. The highest BCUT2D eigenvalue weighted by Crippen LogP contribution is 2.44. The number of benzene rings is 1. The molecule has 11 heteroatoms. The number of nitrogens with zero attached hydrogens (tertiary/aromatic N) is 2. The van der Waals surface area contributed by atoms with E-state index >= 15 is 0 Å². The Labute approximate surface area is 170 Å². The number of anilines is 2. The Hall–Kier alpha value is -2.43. The molecule has 1 N–H and O–H groups in total. The molecule has 1 spiro atoms. The molecule has 1 atom stereocenters. The number of amides is 2. The van der Waals surface area contributed by atoms with Crippen LogP contribution in [0.5, 0.6) is 0 Å². The predicted molar refractivity (Wildman–Crippen MR) is 104 cm³/mol. The zero-order valence-corrected chi connectivity index (χ0v) is 16.6. The number of nitrogens with one attached hydrogen (secondary N) is 1. The van der Waals surface area contributed by atoms with Crippen molar-refractivity contribution in [3.05, 3.63) is 23.8 Å². The van der Waals surface area contributed by atoms with Gasteiger partial charge < -0.3 is 19.7 Å². The van der Waals surface area contributed by atoms with E-state index < -0.39 is 40.7 Å². The van der Waals surface area contributed by atoms with Crippen molar-refractivity contribution in [2.45, 2.75) is 12.5 Å². The Balaban J connectivity index is 0.00000256. The molecular weight excluding hydrogens is 408 g/mol. The number of halogens is 2. The minimum absolute atomic E-state index is 0. The fourth-order valence-electron chi connectivity index (χ4n) is 4.04. The van der Waals surface area contributed by atoms with Crippen LogP contribution in [0.25, 0.3) is 0 Å². The predicted octanol–water partition coefficient (Wildman–Crippen LogP) is 1.85. The summed E-state index contributed by atoms with van der Waals surface area (Å²) in [6.45, 7) is 1.32. The number of ether oxygens (including phenoxy) is 2. The lowest BCUT2D eigenvalue weighted by atomic mass is 9.82. The molecule has 0 bridgehead atoms. The molecule has 0 unspecified atom stereocenters. The molecule has 3 heterocycles. The minimum atomic E-state index is -0.813. The first-order valence-corrected chi connectivity index (χ1v) is 10.7. The quantitative estimate of drug-likeness (QED) is 0.766. The molecule has 4 rings (SSSR count). The summed E-state index contributed by atoms with van der Waals surface area (Å²) in [4.78, 5) is 25.9. The molecule has 2 amide bonds. The molecule has 3 fully saturated rings. The largest absolute Gasteiger partial charge is 0.453 e. The lowest BCUT2D eigenvalue weighted by Crippen LogP contribution is -2.67. The number of hydrogen-bond acceptors (Lipinski definition) is 6. The number of rotatable bonds is 5. The van der Waals surface area contributed by atoms with Gasteiger partial charge in [-0.25, -0.2) is 18.4 Å². The van der Waals surface area contributed by atoms with Crippen molar-refractivity contribution in [3.8, 4) is 0 Å². The number of methoxy groups -OCH3 is 1. The standard InChI is InChI=1S/C18H21F2N3O5S.H2/c1-27-16(24)21-3-2-12-6-23(17(25)28-12)11-4-13(19)15(14(20)5-11)22-7-18(8-22)9-29(26)10-18;/h4-5,12H,2-3,6-10H2,1H3,(H,21,24);1H/t12-;/m0./s1. The van der Waals surface area contributed by atoms with E-state index in [1.54, 1.807) is 4.90 Å². The highest BCUT2D eigenvalue weighted by molar-refractivity contribution is 7.86. The Morgan fingerprint density at radius 2 is 2.03 bits per heavy atom. The third-order valence-corrected chi connectivity index (χ3v) is 7.28. The summed E-state index contributed by atoms with van der Waals surface area (Å²) in [6.07, 6.45) is -1.45.